The summed E-state index contributed by atoms with van der Waals surface area (Å²) >= 11 is 18.0. The highest BCUT2D eigenvalue weighted by molar-refractivity contribution is 6.39. The summed E-state index contributed by atoms with van der Waals surface area (Å²) in [5.41, 5.74) is 7.01. The quantitative estimate of drug-likeness (QED) is 0.796. The largest absolute Gasteiger partial charge is 0.376 e. The van der Waals surface area contributed by atoms with E-state index in [1.54, 1.807) is 30.5 Å². The summed E-state index contributed by atoms with van der Waals surface area (Å²) in [5, 5.41) is 1.44. The van der Waals surface area contributed by atoms with Crippen molar-refractivity contribution in [1.82, 2.24) is 4.98 Å². The number of benzene rings is 1. The topological polar surface area (TPSA) is 65.2 Å². The fourth-order valence-electron chi connectivity index (χ4n) is 1.79. The van der Waals surface area contributed by atoms with Gasteiger partial charge in [-0.15, -0.1) is 0 Å². The van der Waals surface area contributed by atoms with E-state index in [1.165, 1.54) is 0 Å². The van der Waals surface area contributed by atoms with Crippen molar-refractivity contribution >= 4 is 40.7 Å². The molecule has 0 spiro atoms. The Hall–Kier alpha value is -1.33. The first-order valence-electron chi connectivity index (χ1n) is 6.43. The molecular formula is C15H13Cl3N2O2. The molecule has 0 aliphatic carbocycles. The van der Waals surface area contributed by atoms with Crippen LogP contribution in [0.25, 0.3) is 0 Å². The van der Waals surface area contributed by atoms with Crippen molar-refractivity contribution in [2.75, 3.05) is 6.61 Å². The molecule has 0 radical (unpaired) electrons. The van der Waals surface area contributed by atoms with Gasteiger partial charge in [-0.05, 0) is 30.2 Å². The van der Waals surface area contributed by atoms with Crippen LogP contribution in [0.3, 0.4) is 0 Å². The number of carbonyl (C=O) groups is 1. The molecule has 1 amide bonds. The normalized spacial score (nSPS) is 10.7. The first kappa shape index (κ1) is 17.0. The van der Waals surface area contributed by atoms with Gasteiger partial charge in [0.2, 0.25) is 0 Å². The molecule has 0 bridgehead atoms. The zero-order valence-corrected chi connectivity index (χ0v) is 13.8. The smallest absolute Gasteiger partial charge is 0.267 e. The Labute approximate surface area is 143 Å². The Morgan fingerprint density at radius 1 is 1.18 bits per heavy atom. The van der Waals surface area contributed by atoms with E-state index in [0.29, 0.717) is 40.3 Å². The molecule has 7 heteroatoms. The molecule has 0 unspecified atom stereocenters. The summed E-state index contributed by atoms with van der Waals surface area (Å²) in [6, 6.07) is 6.63. The molecule has 0 saturated carbocycles. The number of hydrogen-bond donors (Lipinski definition) is 1. The third-order valence-corrected chi connectivity index (χ3v) is 3.86. The standard InChI is InChI=1S/C15H13Cl3N2O2/c16-10-5-12(17)11(13(18)6-10)8-22-4-3-9-1-2-14(15(19)21)20-7-9/h1-2,5-7H,3-4,8H2,(H2,19,21). The van der Waals surface area contributed by atoms with Gasteiger partial charge in [0.1, 0.15) is 5.69 Å². The van der Waals surface area contributed by atoms with E-state index >= 15 is 0 Å². The van der Waals surface area contributed by atoms with Gasteiger partial charge in [0.25, 0.3) is 5.91 Å². The molecule has 2 aromatic rings. The third-order valence-electron chi connectivity index (χ3n) is 2.96. The number of halogens is 3. The molecule has 4 nitrogen and oxygen atoms in total. The summed E-state index contributed by atoms with van der Waals surface area (Å²) in [6.07, 6.45) is 2.25. The van der Waals surface area contributed by atoms with Crippen LogP contribution in [0.2, 0.25) is 15.1 Å². The number of amides is 1. The predicted octanol–water partition coefficient (Wildman–Crippen LogP) is 3.90. The summed E-state index contributed by atoms with van der Waals surface area (Å²) in [7, 11) is 0. The van der Waals surface area contributed by atoms with E-state index in [0.717, 1.165) is 5.56 Å². The molecule has 1 aromatic carbocycles. The van der Waals surface area contributed by atoms with Crippen molar-refractivity contribution in [2.24, 2.45) is 5.73 Å². The van der Waals surface area contributed by atoms with Gasteiger partial charge in [-0.3, -0.25) is 9.78 Å². The second kappa shape index (κ2) is 7.79. The van der Waals surface area contributed by atoms with Crippen LogP contribution < -0.4 is 5.73 Å². The highest BCUT2D eigenvalue weighted by Crippen LogP contribution is 2.29. The van der Waals surface area contributed by atoms with Crippen LogP contribution in [0.15, 0.2) is 30.5 Å². The molecule has 116 valence electrons. The van der Waals surface area contributed by atoms with Crippen molar-refractivity contribution in [2.45, 2.75) is 13.0 Å². The number of nitrogens with two attached hydrogens (primary N) is 1. The van der Waals surface area contributed by atoms with Gasteiger partial charge in [-0.1, -0.05) is 40.9 Å². The molecule has 0 saturated heterocycles. The number of hydrogen-bond acceptors (Lipinski definition) is 3. The van der Waals surface area contributed by atoms with E-state index in [1.807, 2.05) is 0 Å². The first-order valence-corrected chi connectivity index (χ1v) is 7.56. The van der Waals surface area contributed by atoms with Crippen LogP contribution in [0, 0.1) is 0 Å². The number of carbonyl (C=O) groups excluding carboxylic acids is 1. The maximum atomic E-state index is 10.9. The van der Waals surface area contributed by atoms with Gasteiger partial charge in [0.05, 0.1) is 13.2 Å². The fraction of sp³-hybridized carbons (Fsp3) is 0.200. The Bertz CT molecular complexity index is 652. The van der Waals surface area contributed by atoms with E-state index in [4.69, 9.17) is 45.3 Å². The maximum absolute atomic E-state index is 10.9. The van der Waals surface area contributed by atoms with Crippen LogP contribution in [-0.2, 0) is 17.8 Å². The van der Waals surface area contributed by atoms with Crippen molar-refractivity contribution in [3.63, 3.8) is 0 Å². The molecule has 2 N–H and O–H groups in total. The van der Waals surface area contributed by atoms with Crippen LogP contribution in [0.5, 0.6) is 0 Å². The Kier molecular flexibility index (Phi) is 6.03. The van der Waals surface area contributed by atoms with Crippen molar-refractivity contribution in [1.29, 1.82) is 0 Å². The lowest BCUT2D eigenvalue weighted by Gasteiger charge is -2.09. The molecule has 0 fully saturated rings. The van der Waals surface area contributed by atoms with Crippen LogP contribution in [0.4, 0.5) is 0 Å². The summed E-state index contributed by atoms with van der Waals surface area (Å²) in [4.78, 5) is 14.9. The van der Waals surface area contributed by atoms with Gasteiger partial charge in [-0.25, -0.2) is 0 Å². The van der Waals surface area contributed by atoms with E-state index in [2.05, 4.69) is 4.98 Å². The number of primary amides is 1. The van der Waals surface area contributed by atoms with Gasteiger partial charge in [0.15, 0.2) is 0 Å². The SMILES string of the molecule is NC(=O)c1ccc(CCOCc2c(Cl)cc(Cl)cc2Cl)cn1. The van der Waals surface area contributed by atoms with Crippen LogP contribution >= 0.6 is 34.8 Å². The van der Waals surface area contributed by atoms with E-state index in [-0.39, 0.29) is 5.69 Å². The lowest BCUT2D eigenvalue weighted by Crippen LogP contribution is -2.13. The minimum Gasteiger partial charge on any atom is -0.376 e. The summed E-state index contributed by atoms with van der Waals surface area (Å²) in [6.45, 7) is 0.758. The summed E-state index contributed by atoms with van der Waals surface area (Å²) in [5.74, 6) is -0.546. The third kappa shape index (κ3) is 4.58. The van der Waals surface area contributed by atoms with Crippen molar-refractivity contribution in [3.8, 4) is 0 Å². The first-order chi connectivity index (χ1) is 10.5. The Morgan fingerprint density at radius 2 is 1.86 bits per heavy atom. The number of aromatic nitrogens is 1. The number of pyridine rings is 1. The minimum absolute atomic E-state index is 0.240. The van der Waals surface area contributed by atoms with Crippen LogP contribution in [0.1, 0.15) is 21.6 Å². The van der Waals surface area contributed by atoms with Gasteiger partial charge >= 0.3 is 0 Å². The zero-order chi connectivity index (χ0) is 16.1. The van der Waals surface area contributed by atoms with E-state index < -0.39 is 5.91 Å². The number of nitrogens with zero attached hydrogens (tertiary/aromatic N) is 1. The number of ether oxygens (including phenoxy) is 1. The van der Waals surface area contributed by atoms with Gasteiger partial charge in [-0.2, -0.15) is 0 Å². The summed E-state index contributed by atoms with van der Waals surface area (Å²) < 4.78 is 5.57. The molecule has 0 aliphatic heterocycles. The van der Waals surface area contributed by atoms with E-state index in [9.17, 15) is 4.79 Å². The second-order valence-corrected chi connectivity index (χ2v) is 5.82. The van der Waals surface area contributed by atoms with Crippen molar-refractivity contribution in [3.05, 3.63) is 62.4 Å². The molecule has 22 heavy (non-hydrogen) atoms. The second-order valence-electron chi connectivity index (χ2n) is 4.57. The van der Waals surface area contributed by atoms with Gasteiger partial charge < -0.3 is 10.5 Å². The fourth-order valence-corrected chi connectivity index (χ4v) is 2.72. The highest BCUT2D eigenvalue weighted by atomic mass is 35.5. The average Bonchev–Trinajstić information content (AvgIpc) is 2.46. The average molecular weight is 360 g/mol. The minimum atomic E-state index is -0.546. The maximum Gasteiger partial charge on any atom is 0.267 e. The lowest BCUT2D eigenvalue weighted by molar-refractivity contribution is 0.0995. The molecule has 1 heterocycles. The molecule has 2 rings (SSSR count). The predicted molar refractivity (Wildman–Crippen MR) is 87.6 cm³/mol. The monoisotopic (exact) mass is 358 g/mol. The molecule has 0 atom stereocenters. The van der Waals surface area contributed by atoms with Gasteiger partial charge in [0, 0.05) is 26.8 Å². The molecule has 1 aromatic heterocycles. The zero-order valence-electron chi connectivity index (χ0n) is 11.5. The lowest BCUT2D eigenvalue weighted by atomic mass is 10.2. The molecule has 0 aliphatic rings. The Morgan fingerprint density at radius 3 is 2.41 bits per heavy atom. The van der Waals surface area contributed by atoms with Crippen molar-refractivity contribution < 1.29 is 9.53 Å². The number of rotatable bonds is 6. The van der Waals surface area contributed by atoms with Crippen LogP contribution in [-0.4, -0.2) is 17.5 Å². The molecular weight excluding hydrogens is 347 g/mol. The highest BCUT2D eigenvalue weighted by Gasteiger charge is 2.08. The Balaban J connectivity index is 1.86.